The van der Waals surface area contributed by atoms with Crippen LogP contribution in [0.3, 0.4) is 0 Å². The summed E-state index contributed by atoms with van der Waals surface area (Å²) in [6, 6.07) is 13.7. The molecule has 0 fully saturated rings. The molecule has 2 aromatic heterocycles. The van der Waals surface area contributed by atoms with Crippen LogP contribution in [-0.4, -0.2) is 21.3 Å². The Morgan fingerprint density at radius 1 is 1.12 bits per heavy atom. The maximum atomic E-state index is 12.0. The van der Waals surface area contributed by atoms with Crippen LogP contribution < -0.4 is 0 Å². The van der Waals surface area contributed by atoms with E-state index >= 15 is 0 Å². The van der Waals surface area contributed by atoms with Crippen LogP contribution in [0.4, 0.5) is 0 Å². The smallest absolute Gasteiger partial charge is 0.306 e. The van der Waals surface area contributed by atoms with E-state index in [1.807, 2.05) is 54.1 Å². The first-order valence-electron chi connectivity index (χ1n) is 8.41. The highest BCUT2D eigenvalue weighted by molar-refractivity contribution is 7.14. The van der Waals surface area contributed by atoms with Crippen molar-refractivity contribution < 1.29 is 14.3 Å². The van der Waals surface area contributed by atoms with Crippen molar-refractivity contribution in [1.82, 2.24) is 9.55 Å². The van der Waals surface area contributed by atoms with Crippen molar-refractivity contribution in [2.75, 3.05) is 0 Å². The molecule has 0 N–H and O–H groups in total. The molecule has 0 atom stereocenters. The number of hydrogen-bond donors (Lipinski definition) is 0. The van der Waals surface area contributed by atoms with Gasteiger partial charge in [0.25, 0.3) is 0 Å². The van der Waals surface area contributed by atoms with Crippen LogP contribution in [0.1, 0.15) is 38.8 Å². The molecule has 0 spiro atoms. The molecule has 2 heterocycles. The lowest BCUT2D eigenvalue weighted by molar-refractivity contribution is -0.145. The van der Waals surface area contributed by atoms with Gasteiger partial charge in [0.1, 0.15) is 12.4 Å². The van der Waals surface area contributed by atoms with Gasteiger partial charge in [-0.25, -0.2) is 4.98 Å². The fourth-order valence-corrected chi connectivity index (χ4v) is 3.38. The van der Waals surface area contributed by atoms with Crippen molar-refractivity contribution >= 4 is 23.1 Å². The monoisotopic (exact) mass is 368 g/mol. The summed E-state index contributed by atoms with van der Waals surface area (Å²) in [4.78, 5) is 30.0. The van der Waals surface area contributed by atoms with Crippen molar-refractivity contribution in [1.29, 1.82) is 0 Å². The van der Waals surface area contributed by atoms with E-state index in [9.17, 15) is 9.59 Å². The van der Waals surface area contributed by atoms with Gasteiger partial charge >= 0.3 is 5.97 Å². The standard InChI is InChI=1S/C20H20N2O3S/c1-15-7-9-18(26-15)17(23)8-10-20(24)25-14-19-21-11-12-22(19)13-16-5-3-2-4-6-16/h2-7,9,11-12H,8,10,13-14H2,1H3. The number of Topliss-reactive ketones (excluding diaryl/α,β-unsaturated/α-hetero) is 1. The molecule has 26 heavy (non-hydrogen) atoms. The average Bonchev–Trinajstić information content (AvgIpc) is 3.27. The average molecular weight is 368 g/mol. The van der Waals surface area contributed by atoms with Crippen LogP contribution >= 0.6 is 11.3 Å². The molecular weight excluding hydrogens is 348 g/mol. The van der Waals surface area contributed by atoms with Gasteiger partial charge in [-0.15, -0.1) is 11.3 Å². The quantitative estimate of drug-likeness (QED) is 0.445. The number of nitrogens with zero attached hydrogens (tertiary/aromatic N) is 2. The molecule has 5 nitrogen and oxygen atoms in total. The van der Waals surface area contributed by atoms with Crippen LogP contribution in [0, 0.1) is 6.92 Å². The second-order valence-corrected chi connectivity index (χ2v) is 7.24. The molecule has 0 unspecified atom stereocenters. The van der Waals surface area contributed by atoms with Crippen molar-refractivity contribution in [2.45, 2.75) is 32.9 Å². The lowest BCUT2D eigenvalue weighted by atomic mass is 10.2. The molecular formula is C20H20N2O3S. The third kappa shape index (κ3) is 4.89. The second kappa shape index (κ2) is 8.58. The van der Waals surface area contributed by atoms with E-state index in [0.717, 1.165) is 10.4 Å². The molecule has 0 aliphatic rings. The van der Waals surface area contributed by atoms with Gasteiger partial charge in [0.05, 0.1) is 11.3 Å². The van der Waals surface area contributed by atoms with Crippen LogP contribution in [0.2, 0.25) is 0 Å². The summed E-state index contributed by atoms with van der Waals surface area (Å²) in [5.41, 5.74) is 1.15. The minimum Gasteiger partial charge on any atom is -0.457 e. The largest absolute Gasteiger partial charge is 0.457 e. The number of aromatic nitrogens is 2. The Labute approximate surface area is 156 Å². The summed E-state index contributed by atoms with van der Waals surface area (Å²) in [5, 5.41) is 0. The topological polar surface area (TPSA) is 61.2 Å². The summed E-state index contributed by atoms with van der Waals surface area (Å²) >= 11 is 1.45. The Kier molecular flexibility index (Phi) is 5.96. The Morgan fingerprint density at radius 3 is 2.65 bits per heavy atom. The van der Waals surface area contributed by atoms with Crippen molar-refractivity contribution in [3.8, 4) is 0 Å². The normalized spacial score (nSPS) is 10.7. The maximum Gasteiger partial charge on any atom is 0.306 e. The number of hydrogen-bond acceptors (Lipinski definition) is 5. The van der Waals surface area contributed by atoms with Gasteiger partial charge in [-0.1, -0.05) is 30.3 Å². The van der Waals surface area contributed by atoms with Gasteiger partial charge in [-0.3, -0.25) is 9.59 Å². The van der Waals surface area contributed by atoms with Crippen LogP contribution in [-0.2, 0) is 22.7 Å². The molecule has 0 bridgehead atoms. The summed E-state index contributed by atoms with van der Waals surface area (Å²) in [6.45, 7) is 2.72. The zero-order valence-electron chi connectivity index (χ0n) is 14.6. The van der Waals surface area contributed by atoms with Crippen LogP contribution in [0.15, 0.2) is 54.9 Å². The molecule has 0 aliphatic carbocycles. The van der Waals surface area contributed by atoms with Gasteiger partial charge in [-0.2, -0.15) is 0 Å². The SMILES string of the molecule is Cc1ccc(C(=O)CCC(=O)OCc2nccn2Cc2ccccc2)s1. The summed E-state index contributed by atoms with van der Waals surface area (Å²) in [6.07, 6.45) is 3.79. The van der Waals surface area contributed by atoms with E-state index in [0.29, 0.717) is 17.2 Å². The maximum absolute atomic E-state index is 12.0. The lowest BCUT2D eigenvalue weighted by Crippen LogP contribution is -2.11. The van der Waals surface area contributed by atoms with Crippen LogP contribution in [0.5, 0.6) is 0 Å². The van der Waals surface area contributed by atoms with E-state index in [1.54, 1.807) is 12.3 Å². The lowest BCUT2D eigenvalue weighted by Gasteiger charge is -2.08. The zero-order chi connectivity index (χ0) is 18.4. The minimum atomic E-state index is -0.388. The van der Waals surface area contributed by atoms with Crippen LogP contribution in [0.25, 0.3) is 0 Å². The Bertz CT molecular complexity index is 883. The first-order chi connectivity index (χ1) is 12.6. The number of rotatable bonds is 8. The predicted octanol–water partition coefficient (Wildman–Crippen LogP) is 4.01. The van der Waals surface area contributed by atoms with Gasteiger partial charge < -0.3 is 9.30 Å². The molecule has 0 amide bonds. The summed E-state index contributed by atoms with van der Waals surface area (Å²) in [5.74, 6) is 0.272. The van der Waals surface area contributed by atoms with Crippen molar-refractivity contribution in [2.24, 2.45) is 0 Å². The number of benzene rings is 1. The van der Waals surface area contributed by atoms with Gasteiger partial charge in [0, 0.05) is 30.2 Å². The number of aryl methyl sites for hydroxylation is 1. The van der Waals surface area contributed by atoms with E-state index in [2.05, 4.69) is 4.98 Å². The van der Waals surface area contributed by atoms with Crippen molar-refractivity contribution in [3.63, 3.8) is 0 Å². The Morgan fingerprint density at radius 2 is 1.92 bits per heavy atom. The number of esters is 1. The fraction of sp³-hybridized carbons (Fsp3) is 0.250. The zero-order valence-corrected chi connectivity index (χ0v) is 15.4. The summed E-state index contributed by atoms with van der Waals surface area (Å²) < 4.78 is 7.23. The molecule has 134 valence electrons. The van der Waals surface area contributed by atoms with E-state index < -0.39 is 0 Å². The Balaban J connectivity index is 1.48. The van der Waals surface area contributed by atoms with Gasteiger partial charge in [-0.05, 0) is 24.6 Å². The number of carbonyl (C=O) groups is 2. The molecule has 3 rings (SSSR count). The fourth-order valence-electron chi connectivity index (χ4n) is 2.54. The minimum absolute atomic E-state index is 0.0226. The molecule has 0 saturated carbocycles. The second-order valence-electron chi connectivity index (χ2n) is 5.95. The molecule has 0 saturated heterocycles. The van der Waals surface area contributed by atoms with Gasteiger partial charge in [0.2, 0.25) is 0 Å². The van der Waals surface area contributed by atoms with E-state index in [1.165, 1.54) is 11.3 Å². The number of ether oxygens (including phenoxy) is 1. The first kappa shape index (κ1) is 18.1. The molecule has 1 aromatic carbocycles. The summed E-state index contributed by atoms with van der Waals surface area (Å²) in [7, 11) is 0. The van der Waals surface area contributed by atoms with E-state index in [4.69, 9.17) is 4.74 Å². The molecule has 6 heteroatoms. The van der Waals surface area contributed by atoms with E-state index in [-0.39, 0.29) is 31.2 Å². The number of ketones is 1. The number of imidazole rings is 1. The molecule has 0 aliphatic heterocycles. The predicted molar refractivity (Wildman–Crippen MR) is 100 cm³/mol. The van der Waals surface area contributed by atoms with Gasteiger partial charge in [0.15, 0.2) is 5.78 Å². The van der Waals surface area contributed by atoms with Crippen molar-refractivity contribution in [3.05, 3.63) is 76.0 Å². The Hall–Kier alpha value is -2.73. The highest BCUT2D eigenvalue weighted by atomic mass is 32.1. The molecule has 0 radical (unpaired) electrons. The molecule has 3 aromatic rings. The highest BCUT2D eigenvalue weighted by Gasteiger charge is 2.13. The third-order valence-electron chi connectivity index (χ3n) is 3.93. The highest BCUT2D eigenvalue weighted by Crippen LogP contribution is 2.17. The first-order valence-corrected chi connectivity index (χ1v) is 9.22. The number of thiophene rings is 1. The third-order valence-corrected chi connectivity index (χ3v) is 4.97. The number of carbonyl (C=O) groups excluding carboxylic acids is 2.